The van der Waals surface area contributed by atoms with Crippen LogP contribution in [0, 0.1) is 5.92 Å². The number of hydrogen-bond acceptors (Lipinski definition) is 3. The monoisotopic (exact) mass is 176 g/mol. The van der Waals surface area contributed by atoms with E-state index in [1.807, 2.05) is 20.8 Å². The van der Waals surface area contributed by atoms with Gasteiger partial charge in [0.05, 0.1) is 12.2 Å². The van der Waals surface area contributed by atoms with Crippen molar-refractivity contribution in [3.8, 4) is 0 Å². The Balaban J connectivity index is 4.13. The number of ether oxygens (including phenoxy) is 2. The lowest BCUT2D eigenvalue weighted by atomic mass is 9.98. The highest BCUT2D eigenvalue weighted by Crippen LogP contribution is 2.13. The van der Waals surface area contributed by atoms with Gasteiger partial charge in [-0.05, 0) is 12.8 Å². The first-order valence-corrected chi connectivity index (χ1v) is 4.28. The van der Waals surface area contributed by atoms with Gasteiger partial charge in [-0.1, -0.05) is 13.8 Å². The van der Waals surface area contributed by atoms with Crippen LogP contribution in [0.2, 0.25) is 0 Å². The van der Waals surface area contributed by atoms with Crippen molar-refractivity contribution in [2.45, 2.75) is 39.1 Å². The minimum atomic E-state index is -0.468. The number of aliphatic hydroxyl groups is 1. The molecular formula is C9H20O3. The van der Waals surface area contributed by atoms with Crippen molar-refractivity contribution >= 4 is 0 Å². The van der Waals surface area contributed by atoms with Crippen LogP contribution in [0.15, 0.2) is 0 Å². The Morgan fingerprint density at radius 2 is 1.50 bits per heavy atom. The Hall–Kier alpha value is -0.120. The molecule has 0 radical (unpaired) electrons. The van der Waals surface area contributed by atoms with Crippen LogP contribution >= 0.6 is 0 Å². The molecule has 0 rings (SSSR count). The van der Waals surface area contributed by atoms with Crippen molar-refractivity contribution in [3.05, 3.63) is 0 Å². The summed E-state index contributed by atoms with van der Waals surface area (Å²) in [5.41, 5.74) is 0. The molecule has 1 N–H and O–H groups in total. The lowest BCUT2D eigenvalue weighted by Crippen LogP contribution is -2.41. The molecule has 0 aromatic heterocycles. The largest absolute Gasteiger partial charge is 0.390 e. The molecular weight excluding hydrogens is 156 g/mol. The summed E-state index contributed by atoms with van der Waals surface area (Å²) >= 11 is 0. The lowest BCUT2D eigenvalue weighted by molar-refractivity contribution is -0.101. The average Bonchev–Trinajstić information content (AvgIpc) is 2.05. The highest BCUT2D eigenvalue weighted by Gasteiger charge is 2.27. The third-order valence-corrected chi connectivity index (χ3v) is 2.13. The fourth-order valence-corrected chi connectivity index (χ4v) is 1.12. The Labute approximate surface area is 74.7 Å². The first-order valence-electron chi connectivity index (χ1n) is 4.28. The molecule has 0 spiro atoms. The van der Waals surface area contributed by atoms with Gasteiger partial charge in [0.25, 0.3) is 0 Å². The van der Waals surface area contributed by atoms with Gasteiger partial charge in [0, 0.05) is 14.2 Å². The summed E-state index contributed by atoms with van der Waals surface area (Å²) in [5.74, 6) is 0.188. The van der Waals surface area contributed by atoms with E-state index in [-0.39, 0.29) is 18.1 Å². The maximum Gasteiger partial charge on any atom is 0.109 e. The third kappa shape index (κ3) is 3.09. The fraction of sp³-hybridized carbons (Fsp3) is 1.00. The Morgan fingerprint density at radius 3 is 1.75 bits per heavy atom. The summed E-state index contributed by atoms with van der Waals surface area (Å²) in [6.07, 6.45) is -0.785. The summed E-state index contributed by atoms with van der Waals surface area (Å²) in [6, 6.07) is 0. The van der Waals surface area contributed by atoms with E-state index < -0.39 is 6.10 Å². The van der Waals surface area contributed by atoms with Gasteiger partial charge in [-0.3, -0.25) is 0 Å². The third-order valence-electron chi connectivity index (χ3n) is 2.13. The Kier molecular flexibility index (Phi) is 5.46. The molecule has 0 aliphatic rings. The van der Waals surface area contributed by atoms with Crippen LogP contribution < -0.4 is 0 Å². The van der Waals surface area contributed by atoms with E-state index in [1.165, 1.54) is 0 Å². The average molecular weight is 176 g/mol. The van der Waals surface area contributed by atoms with E-state index in [9.17, 15) is 5.11 Å². The van der Waals surface area contributed by atoms with Gasteiger partial charge < -0.3 is 14.6 Å². The van der Waals surface area contributed by atoms with Gasteiger partial charge in [0.15, 0.2) is 0 Å². The zero-order valence-corrected chi connectivity index (χ0v) is 8.57. The van der Waals surface area contributed by atoms with Crippen LogP contribution in [0.3, 0.4) is 0 Å². The summed E-state index contributed by atoms with van der Waals surface area (Å²) in [5, 5.41) is 9.68. The van der Waals surface area contributed by atoms with Crippen molar-refractivity contribution in [2.75, 3.05) is 14.2 Å². The van der Waals surface area contributed by atoms with Crippen LogP contribution in [0.5, 0.6) is 0 Å². The van der Waals surface area contributed by atoms with E-state index in [0.29, 0.717) is 0 Å². The molecule has 3 heteroatoms. The van der Waals surface area contributed by atoms with Gasteiger partial charge in [0.2, 0.25) is 0 Å². The Bertz CT molecular complexity index is 114. The smallest absolute Gasteiger partial charge is 0.109 e. The molecule has 0 bridgehead atoms. The van der Waals surface area contributed by atoms with Crippen molar-refractivity contribution in [3.63, 3.8) is 0 Å². The molecule has 3 atom stereocenters. The first-order chi connectivity index (χ1) is 5.54. The molecule has 0 saturated heterocycles. The topological polar surface area (TPSA) is 38.7 Å². The molecule has 3 nitrogen and oxygen atoms in total. The molecule has 0 fully saturated rings. The summed E-state index contributed by atoms with van der Waals surface area (Å²) in [6.45, 7) is 5.80. The molecule has 0 heterocycles. The standard InChI is InChI=1S/C9H20O3/c1-6(2)8(10)9(12-5)7(3)11-4/h6-10H,1-5H3/t7-,8?,9?/m1/s1. The second-order valence-electron chi connectivity index (χ2n) is 3.38. The van der Waals surface area contributed by atoms with E-state index in [4.69, 9.17) is 9.47 Å². The van der Waals surface area contributed by atoms with E-state index in [1.54, 1.807) is 14.2 Å². The molecule has 0 aliphatic heterocycles. The van der Waals surface area contributed by atoms with Crippen LogP contribution in [-0.2, 0) is 9.47 Å². The van der Waals surface area contributed by atoms with Gasteiger partial charge in [-0.15, -0.1) is 0 Å². The summed E-state index contributed by atoms with van der Waals surface area (Å²) in [7, 11) is 3.20. The van der Waals surface area contributed by atoms with E-state index >= 15 is 0 Å². The van der Waals surface area contributed by atoms with E-state index in [2.05, 4.69) is 0 Å². The number of methoxy groups -OCH3 is 2. The van der Waals surface area contributed by atoms with Gasteiger partial charge in [0.1, 0.15) is 6.10 Å². The van der Waals surface area contributed by atoms with E-state index in [0.717, 1.165) is 0 Å². The number of rotatable bonds is 5. The predicted molar refractivity (Wildman–Crippen MR) is 48.1 cm³/mol. The summed E-state index contributed by atoms with van der Waals surface area (Å²) < 4.78 is 10.2. The molecule has 0 aromatic carbocycles. The SMILES string of the molecule is COC(C(O)C(C)C)[C@@H](C)OC. The van der Waals surface area contributed by atoms with Gasteiger partial charge >= 0.3 is 0 Å². The fourth-order valence-electron chi connectivity index (χ4n) is 1.12. The zero-order chi connectivity index (χ0) is 9.72. The van der Waals surface area contributed by atoms with Crippen LogP contribution in [0.25, 0.3) is 0 Å². The molecule has 0 aromatic rings. The maximum absolute atomic E-state index is 9.68. The molecule has 74 valence electrons. The van der Waals surface area contributed by atoms with Crippen LogP contribution in [0.4, 0.5) is 0 Å². The minimum absolute atomic E-state index is 0.0765. The number of aliphatic hydroxyl groups excluding tert-OH is 1. The quantitative estimate of drug-likeness (QED) is 0.680. The molecule has 2 unspecified atom stereocenters. The highest BCUT2D eigenvalue weighted by atomic mass is 16.5. The second-order valence-corrected chi connectivity index (χ2v) is 3.38. The zero-order valence-electron chi connectivity index (χ0n) is 8.57. The normalized spacial score (nSPS) is 19.2. The van der Waals surface area contributed by atoms with Crippen molar-refractivity contribution in [1.82, 2.24) is 0 Å². The highest BCUT2D eigenvalue weighted by molar-refractivity contribution is 4.76. The second kappa shape index (κ2) is 5.51. The Morgan fingerprint density at radius 1 is 1.00 bits per heavy atom. The maximum atomic E-state index is 9.68. The van der Waals surface area contributed by atoms with Crippen molar-refractivity contribution in [1.29, 1.82) is 0 Å². The molecule has 12 heavy (non-hydrogen) atoms. The summed E-state index contributed by atoms with van der Waals surface area (Å²) in [4.78, 5) is 0. The van der Waals surface area contributed by atoms with Crippen LogP contribution in [-0.4, -0.2) is 37.6 Å². The molecule has 0 aliphatic carbocycles. The minimum Gasteiger partial charge on any atom is -0.390 e. The van der Waals surface area contributed by atoms with Gasteiger partial charge in [-0.25, -0.2) is 0 Å². The first kappa shape index (κ1) is 11.9. The van der Waals surface area contributed by atoms with Crippen molar-refractivity contribution < 1.29 is 14.6 Å². The van der Waals surface area contributed by atoms with Gasteiger partial charge in [-0.2, -0.15) is 0 Å². The lowest BCUT2D eigenvalue weighted by Gasteiger charge is -2.28. The van der Waals surface area contributed by atoms with Crippen LogP contribution in [0.1, 0.15) is 20.8 Å². The van der Waals surface area contributed by atoms with Crippen molar-refractivity contribution in [2.24, 2.45) is 5.92 Å². The predicted octanol–water partition coefficient (Wildman–Crippen LogP) is 1.05. The number of hydrogen-bond donors (Lipinski definition) is 1. The molecule has 0 amide bonds. The molecule has 0 saturated carbocycles.